The van der Waals surface area contributed by atoms with Crippen LogP contribution in [-0.2, 0) is 4.79 Å². The zero-order valence-corrected chi connectivity index (χ0v) is 17.5. The van der Waals surface area contributed by atoms with Gasteiger partial charge < -0.3 is 16.0 Å². The van der Waals surface area contributed by atoms with Crippen molar-refractivity contribution in [1.82, 2.24) is 15.5 Å². The first-order valence-corrected chi connectivity index (χ1v) is 11.3. The van der Waals surface area contributed by atoms with E-state index in [2.05, 4.69) is 20.9 Å². The highest BCUT2D eigenvalue weighted by Crippen LogP contribution is 2.21. The fourth-order valence-corrected chi connectivity index (χ4v) is 4.21. The molecule has 1 aliphatic heterocycles. The Morgan fingerprint density at radius 2 is 1.63 bits per heavy atom. The molecule has 8 heteroatoms. The summed E-state index contributed by atoms with van der Waals surface area (Å²) in [7, 11) is 0. The molecule has 1 aromatic carbocycles. The molecule has 1 aromatic heterocycles. The van der Waals surface area contributed by atoms with Crippen LogP contribution in [0.1, 0.15) is 46.4 Å². The Kier molecular flexibility index (Phi) is 6.44. The van der Waals surface area contributed by atoms with Gasteiger partial charge in [-0.3, -0.25) is 19.3 Å². The van der Waals surface area contributed by atoms with Crippen LogP contribution in [0.4, 0.5) is 5.69 Å². The number of amides is 3. The maximum atomic E-state index is 12.6. The Hall–Kier alpha value is -2.71. The molecule has 2 aromatic rings. The summed E-state index contributed by atoms with van der Waals surface area (Å²) in [6.45, 7) is 1.75. The second-order valence-corrected chi connectivity index (χ2v) is 8.66. The first-order valence-electron chi connectivity index (χ1n) is 10.3. The van der Waals surface area contributed by atoms with E-state index in [9.17, 15) is 14.4 Å². The molecule has 1 saturated carbocycles. The van der Waals surface area contributed by atoms with E-state index in [1.54, 1.807) is 18.2 Å². The molecule has 0 spiro atoms. The smallest absolute Gasteiger partial charge is 0.253 e. The van der Waals surface area contributed by atoms with Crippen LogP contribution in [0.15, 0.2) is 41.1 Å². The monoisotopic (exact) mass is 426 g/mol. The summed E-state index contributed by atoms with van der Waals surface area (Å²) < 4.78 is 0. The van der Waals surface area contributed by atoms with E-state index in [1.165, 1.54) is 11.3 Å². The van der Waals surface area contributed by atoms with Gasteiger partial charge in [-0.05, 0) is 49.3 Å². The number of para-hydroxylation sites is 1. The van der Waals surface area contributed by atoms with Gasteiger partial charge in [0.05, 0.1) is 17.8 Å². The molecule has 2 heterocycles. The third-order valence-corrected chi connectivity index (χ3v) is 6.11. The lowest BCUT2D eigenvalue weighted by Crippen LogP contribution is -2.46. The summed E-state index contributed by atoms with van der Waals surface area (Å²) in [4.78, 5) is 39.2. The van der Waals surface area contributed by atoms with Crippen LogP contribution in [-0.4, -0.2) is 54.3 Å². The van der Waals surface area contributed by atoms with E-state index in [0.29, 0.717) is 16.8 Å². The first-order chi connectivity index (χ1) is 14.6. The number of carbonyl (C=O) groups is 3. The molecule has 158 valence electrons. The number of hydrogen-bond donors (Lipinski definition) is 3. The number of nitrogens with one attached hydrogen (secondary N) is 3. The largest absolute Gasteiger partial charge is 0.349 e. The lowest BCUT2D eigenvalue weighted by molar-refractivity contribution is -0.117. The second-order valence-electron chi connectivity index (χ2n) is 7.88. The molecule has 2 fully saturated rings. The van der Waals surface area contributed by atoms with Crippen LogP contribution < -0.4 is 16.0 Å². The molecule has 0 unspecified atom stereocenters. The van der Waals surface area contributed by atoms with Crippen LogP contribution in [0.2, 0.25) is 0 Å². The van der Waals surface area contributed by atoms with Crippen molar-refractivity contribution in [2.24, 2.45) is 0 Å². The highest BCUT2D eigenvalue weighted by Gasteiger charge is 2.26. The van der Waals surface area contributed by atoms with Gasteiger partial charge >= 0.3 is 0 Å². The lowest BCUT2D eigenvalue weighted by Gasteiger charge is -2.31. The fraction of sp³-hybridized carbons (Fsp3) is 0.409. The average molecular weight is 427 g/mol. The number of benzene rings is 1. The molecule has 1 saturated heterocycles. The Labute approximate surface area is 179 Å². The topological polar surface area (TPSA) is 90.5 Å². The molecule has 1 aliphatic carbocycles. The minimum absolute atomic E-state index is 0.0338. The molecule has 0 atom stereocenters. The number of piperidine rings is 1. The number of likely N-dealkylation sites (tertiary alicyclic amines) is 1. The number of carbonyl (C=O) groups excluding carboxylic acids is 3. The normalized spacial score (nSPS) is 17.3. The molecular formula is C22H26N4O3S. The van der Waals surface area contributed by atoms with Gasteiger partial charge in [-0.1, -0.05) is 12.1 Å². The molecule has 2 aliphatic rings. The highest BCUT2D eigenvalue weighted by molar-refractivity contribution is 7.08. The van der Waals surface area contributed by atoms with Crippen molar-refractivity contribution in [2.75, 3.05) is 25.0 Å². The van der Waals surface area contributed by atoms with E-state index in [-0.39, 0.29) is 36.3 Å². The van der Waals surface area contributed by atoms with Crippen molar-refractivity contribution in [3.05, 3.63) is 52.2 Å². The standard InChI is InChI=1S/C22H26N4O3S/c27-20(25-19-4-2-1-3-18(19)22(29)24-16-5-6-16)13-26-10-7-17(8-11-26)23-21(28)15-9-12-30-14-15/h1-4,9,12,14,16-17H,5-8,10-11,13H2,(H,23,28)(H,24,29)(H,25,27). The van der Waals surface area contributed by atoms with Gasteiger partial charge in [0.1, 0.15) is 0 Å². The van der Waals surface area contributed by atoms with Gasteiger partial charge in [-0.2, -0.15) is 11.3 Å². The molecule has 4 rings (SSSR count). The van der Waals surface area contributed by atoms with Gasteiger partial charge in [-0.25, -0.2) is 0 Å². The Morgan fingerprint density at radius 1 is 0.933 bits per heavy atom. The van der Waals surface area contributed by atoms with Gasteiger partial charge in [0, 0.05) is 36.1 Å². The number of thiophene rings is 1. The number of hydrogen-bond acceptors (Lipinski definition) is 5. The maximum absolute atomic E-state index is 12.6. The minimum Gasteiger partial charge on any atom is -0.349 e. The summed E-state index contributed by atoms with van der Waals surface area (Å²) in [6, 6.07) is 9.31. The highest BCUT2D eigenvalue weighted by atomic mass is 32.1. The molecule has 0 bridgehead atoms. The zero-order valence-electron chi connectivity index (χ0n) is 16.7. The molecule has 7 nitrogen and oxygen atoms in total. The van der Waals surface area contributed by atoms with E-state index >= 15 is 0 Å². The summed E-state index contributed by atoms with van der Waals surface area (Å²) in [6.07, 6.45) is 3.65. The van der Waals surface area contributed by atoms with E-state index in [4.69, 9.17) is 0 Å². The Morgan fingerprint density at radius 3 is 2.33 bits per heavy atom. The van der Waals surface area contributed by atoms with Crippen molar-refractivity contribution in [3.8, 4) is 0 Å². The van der Waals surface area contributed by atoms with Crippen LogP contribution in [0, 0.1) is 0 Å². The number of anilines is 1. The third kappa shape index (κ3) is 5.46. The minimum atomic E-state index is -0.143. The Bertz CT molecular complexity index is 903. The average Bonchev–Trinajstić information content (AvgIpc) is 3.37. The van der Waals surface area contributed by atoms with Crippen LogP contribution in [0.5, 0.6) is 0 Å². The van der Waals surface area contributed by atoms with Crippen LogP contribution >= 0.6 is 11.3 Å². The van der Waals surface area contributed by atoms with E-state index < -0.39 is 0 Å². The molecule has 3 N–H and O–H groups in total. The van der Waals surface area contributed by atoms with Gasteiger partial charge in [-0.15, -0.1) is 0 Å². The van der Waals surface area contributed by atoms with Gasteiger partial charge in [0.2, 0.25) is 5.91 Å². The predicted octanol–water partition coefficient (Wildman–Crippen LogP) is 2.47. The Balaban J connectivity index is 1.24. The summed E-state index contributed by atoms with van der Waals surface area (Å²) in [5, 5.41) is 12.7. The first kappa shape index (κ1) is 20.6. The molecular weight excluding hydrogens is 400 g/mol. The van der Waals surface area contributed by atoms with E-state index in [0.717, 1.165) is 38.8 Å². The van der Waals surface area contributed by atoms with Crippen molar-refractivity contribution in [2.45, 2.75) is 37.8 Å². The fourth-order valence-electron chi connectivity index (χ4n) is 3.57. The number of rotatable bonds is 7. The van der Waals surface area contributed by atoms with Gasteiger partial charge in [0.25, 0.3) is 11.8 Å². The summed E-state index contributed by atoms with van der Waals surface area (Å²) >= 11 is 1.51. The molecule has 3 amide bonds. The van der Waals surface area contributed by atoms with Crippen LogP contribution in [0.25, 0.3) is 0 Å². The van der Waals surface area contributed by atoms with Crippen molar-refractivity contribution in [1.29, 1.82) is 0 Å². The SMILES string of the molecule is O=C(CN1CCC(NC(=O)c2ccsc2)CC1)Nc1ccccc1C(=O)NC1CC1. The summed E-state index contributed by atoms with van der Waals surface area (Å²) in [5.74, 6) is -0.313. The molecule has 0 radical (unpaired) electrons. The third-order valence-electron chi connectivity index (χ3n) is 5.43. The second kappa shape index (κ2) is 9.40. The van der Waals surface area contributed by atoms with Crippen molar-refractivity contribution in [3.63, 3.8) is 0 Å². The van der Waals surface area contributed by atoms with Crippen molar-refractivity contribution >= 4 is 34.7 Å². The van der Waals surface area contributed by atoms with Crippen LogP contribution in [0.3, 0.4) is 0 Å². The lowest BCUT2D eigenvalue weighted by atomic mass is 10.0. The summed E-state index contributed by atoms with van der Waals surface area (Å²) in [5.41, 5.74) is 1.73. The van der Waals surface area contributed by atoms with Gasteiger partial charge in [0.15, 0.2) is 0 Å². The zero-order chi connectivity index (χ0) is 20.9. The van der Waals surface area contributed by atoms with E-state index in [1.807, 2.05) is 22.9 Å². The predicted molar refractivity (Wildman–Crippen MR) is 117 cm³/mol. The van der Waals surface area contributed by atoms with Crippen molar-refractivity contribution < 1.29 is 14.4 Å². The molecule has 30 heavy (non-hydrogen) atoms. The number of nitrogens with zero attached hydrogens (tertiary/aromatic N) is 1. The quantitative estimate of drug-likeness (QED) is 0.634. The maximum Gasteiger partial charge on any atom is 0.253 e.